The largest absolute Gasteiger partial charge is 0.573 e. The van der Waals surface area contributed by atoms with Gasteiger partial charge in [-0.2, -0.15) is 0 Å². The molecule has 3 aromatic rings. The molecule has 8 nitrogen and oxygen atoms in total. The third kappa shape index (κ3) is 6.79. The fraction of sp³-hybridized carbons (Fsp3) is 0.375. The highest BCUT2D eigenvalue weighted by Gasteiger charge is 2.32. The summed E-state index contributed by atoms with van der Waals surface area (Å²) in [6.07, 6.45) is -0.946. The van der Waals surface area contributed by atoms with Gasteiger partial charge in [-0.1, -0.05) is 0 Å². The second-order valence-corrected chi connectivity index (χ2v) is 9.14. The summed E-state index contributed by atoms with van der Waals surface area (Å²) < 4.78 is 60.0. The van der Waals surface area contributed by atoms with Gasteiger partial charge >= 0.3 is 12.3 Å². The third-order valence-electron chi connectivity index (χ3n) is 5.68. The summed E-state index contributed by atoms with van der Waals surface area (Å²) >= 11 is 1.14. The van der Waals surface area contributed by atoms with E-state index in [1.807, 2.05) is 4.90 Å². The minimum Gasteiger partial charge on any atom is -0.466 e. The maximum absolute atomic E-state index is 13.7. The molecule has 1 aliphatic rings. The minimum atomic E-state index is -5.03. The normalized spacial score (nSPS) is 14.5. The first kappa shape index (κ1) is 26.5. The molecule has 0 unspecified atom stereocenters. The molecule has 1 aliphatic heterocycles. The maximum Gasteiger partial charge on any atom is 0.573 e. The van der Waals surface area contributed by atoms with E-state index in [-0.39, 0.29) is 41.0 Å². The second kappa shape index (κ2) is 11.2. The van der Waals surface area contributed by atoms with Crippen LogP contribution in [0.25, 0.3) is 11.3 Å². The Morgan fingerprint density at radius 2 is 1.92 bits per heavy atom. The topological polar surface area (TPSA) is 94.5 Å². The van der Waals surface area contributed by atoms with Crippen molar-refractivity contribution in [3.63, 3.8) is 0 Å². The van der Waals surface area contributed by atoms with Crippen molar-refractivity contribution in [1.82, 2.24) is 15.0 Å². The number of piperidine rings is 1. The highest BCUT2D eigenvalue weighted by atomic mass is 32.1. The van der Waals surface area contributed by atoms with Gasteiger partial charge in [-0.15, -0.1) is 24.5 Å². The zero-order valence-corrected chi connectivity index (χ0v) is 20.4. The molecule has 0 bridgehead atoms. The summed E-state index contributed by atoms with van der Waals surface area (Å²) in [6, 6.07) is 3.04. The predicted octanol–water partition coefficient (Wildman–Crippen LogP) is 4.84. The number of Topliss-reactive ketones (excluding diaryl/α,β-unsaturated/α-hetero) is 1. The molecule has 0 saturated carbocycles. The van der Waals surface area contributed by atoms with Crippen molar-refractivity contribution in [3.05, 3.63) is 52.5 Å². The smallest absolute Gasteiger partial charge is 0.466 e. The first-order valence-corrected chi connectivity index (χ1v) is 12.3. The number of nitrogens with zero attached hydrogens (tertiary/aromatic N) is 4. The molecule has 0 spiro atoms. The van der Waals surface area contributed by atoms with E-state index in [1.165, 1.54) is 18.5 Å². The number of thiazole rings is 1. The van der Waals surface area contributed by atoms with Gasteiger partial charge in [-0.25, -0.2) is 19.3 Å². The molecule has 0 atom stereocenters. The molecule has 1 fully saturated rings. The number of carbonyl (C=O) groups excluding carboxylic acids is 2. The lowest BCUT2D eigenvalue weighted by molar-refractivity contribution is -0.275. The fourth-order valence-corrected chi connectivity index (χ4v) is 4.65. The Hall–Kier alpha value is -3.61. The van der Waals surface area contributed by atoms with Crippen LogP contribution in [-0.4, -0.2) is 52.8 Å². The number of benzene rings is 1. The molecule has 13 heteroatoms. The number of hydrogen-bond acceptors (Lipinski definition) is 9. The van der Waals surface area contributed by atoms with E-state index < -0.39 is 17.9 Å². The van der Waals surface area contributed by atoms with Gasteiger partial charge < -0.3 is 14.4 Å². The van der Waals surface area contributed by atoms with Crippen molar-refractivity contribution >= 4 is 28.9 Å². The molecule has 3 heterocycles. The molecule has 37 heavy (non-hydrogen) atoms. The number of ether oxygens (including phenoxy) is 2. The summed E-state index contributed by atoms with van der Waals surface area (Å²) in [7, 11) is 0. The highest BCUT2D eigenvalue weighted by Crippen LogP contribution is 2.31. The lowest BCUT2D eigenvalue weighted by Gasteiger charge is -2.31. The van der Waals surface area contributed by atoms with Crippen LogP contribution < -0.4 is 9.64 Å². The number of aromatic nitrogens is 3. The molecule has 1 aromatic carbocycles. The van der Waals surface area contributed by atoms with Gasteiger partial charge in [0, 0.05) is 24.0 Å². The van der Waals surface area contributed by atoms with Crippen molar-refractivity contribution in [2.45, 2.75) is 32.5 Å². The van der Waals surface area contributed by atoms with Crippen molar-refractivity contribution in [2.24, 2.45) is 5.92 Å². The van der Waals surface area contributed by atoms with E-state index in [1.54, 1.807) is 12.3 Å². The highest BCUT2D eigenvalue weighted by molar-refractivity contribution is 7.10. The van der Waals surface area contributed by atoms with Gasteiger partial charge in [-0.05, 0) is 38.0 Å². The summed E-state index contributed by atoms with van der Waals surface area (Å²) in [6.45, 7) is 3.36. The monoisotopic (exact) mass is 538 g/mol. The van der Waals surface area contributed by atoms with Crippen LogP contribution in [0, 0.1) is 11.7 Å². The molecule has 0 aliphatic carbocycles. The number of hydrogen-bond donors (Lipinski definition) is 0. The molecule has 0 radical (unpaired) electrons. The van der Waals surface area contributed by atoms with Gasteiger partial charge in [0.15, 0.2) is 17.3 Å². The van der Waals surface area contributed by atoms with E-state index in [0.29, 0.717) is 43.4 Å². The van der Waals surface area contributed by atoms with Crippen LogP contribution in [-0.2, 0) is 16.0 Å². The fourth-order valence-electron chi connectivity index (χ4n) is 3.85. The van der Waals surface area contributed by atoms with Crippen LogP contribution >= 0.6 is 11.3 Å². The number of ketones is 1. The van der Waals surface area contributed by atoms with Crippen molar-refractivity contribution in [2.75, 3.05) is 24.6 Å². The number of carbonyl (C=O) groups is 2. The SMILES string of the molecule is CCOC(=O)C1CCN(c2cnc(C(=O)Cc3nc(-c4ccc(F)c(OC(F)(F)F)c4)cs3)cn2)CC1. The number of halogens is 4. The second-order valence-electron chi connectivity index (χ2n) is 8.19. The van der Waals surface area contributed by atoms with Crippen LogP contribution in [0.1, 0.15) is 35.3 Å². The Morgan fingerprint density at radius 3 is 2.57 bits per heavy atom. The van der Waals surface area contributed by atoms with Crippen molar-refractivity contribution < 1.29 is 36.6 Å². The van der Waals surface area contributed by atoms with Crippen LogP contribution in [0.3, 0.4) is 0 Å². The Labute approximate surface area is 213 Å². The third-order valence-corrected chi connectivity index (χ3v) is 6.53. The lowest BCUT2D eigenvalue weighted by atomic mass is 9.97. The zero-order valence-electron chi connectivity index (χ0n) is 19.6. The van der Waals surface area contributed by atoms with Gasteiger partial charge in [0.1, 0.15) is 16.5 Å². The predicted molar refractivity (Wildman–Crippen MR) is 126 cm³/mol. The van der Waals surface area contributed by atoms with Crippen molar-refractivity contribution in [1.29, 1.82) is 0 Å². The standard InChI is InChI=1S/C24H22F4N4O4S/c1-2-35-23(34)14-5-7-32(8-6-14)21-12-29-17(11-30-21)19(33)10-22-31-18(13-37-22)15-3-4-16(25)20(9-15)36-24(26,27)28/h3-4,9,11-14H,2,5-8,10H2,1H3. The molecule has 196 valence electrons. The summed E-state index contributed by atoms with van der Waals surface area (Å²) in [5.41, 5.74) is 0.642. The van der Waals surface area contributed by atoms with E-state index in [2.05, 4.69) is 19.7 Å². The van der Waals surface area contributed by atoms with Crippen LogP contribution in [0.4, 0.5) is 23.4 Å². The van der Waals surface area contributed by atoms with Gasteiger partial charge in [-0.3, -0.25) is 9.59 Å². The Morgan fingerprint density at radius 1 is 1.16 bits per heavy atom. The molecular formula is C24H22F4N4O4S. The minimum absolute atomic E-state index is 0.0866. The van der Waals surface area contributed by atoms with Gasteiger partial charge in [0.05, 0.1) is 37.0 Å². The van der Waals surface area contributed by atoms with Gasteiger partial charge in [0.25, 0.3) is 0 Å². The van der Waals surface area contributed by atoms with E-state index in [9.17, 15) is 27.2 Å². The van der Waals surface area contributed by atoms with Gasteiger partial charge in [0.2, 0.25) is 0 Å². The average Bonchev–Trinajstić information content (AvgIpc) is 3.33. The molecule has 0 amide bonds. The maximum atomic E-state index is 13.7. The Kier molecular flexibility index (Phi) is 8.00. The van der Waals surface area contributed by atoms with Crippen LogP contribution in [0.15, 0.2) is 36.0 Å². The zero-order chi connectivity index (χ0) is 26.6. The van der Waals surface area contributed by atoms with Crippen LogP contribution in [0.5, 0.6) is 5.75 Å². The molecule has 4 rings (SSSR count). The first-order chi connectivity index (χ1) is 17.6. The van der Waals surface area contributed by atoms with E-state index >= 15 is 0 Å². The average molecular weight is 539 g/mol. The van der Waals surface area contributed by atoms with Crippen LogP contribution in [0.2, 0.25) is 0 Å². The molecule has 2 aromatic heterocycles. The van der Waals surface area contributed by atoms with E-state index in [0.717, 1.165) is 23.5 Å². The van der Waals surface area contributed by atoms with Crippen molar-refractivity contribution in [3.8, 4) is 17.0 Å². The number of esters is 1. The number of alkyl halides is 3. The summed E-state index contributed by atoms with van der Waals surface area (Å²) in [5.74, 6) is -2.17. The number of rotatable bonds is 8. The quantitative estimate of drug-likeness (QED) is 0.228. The van der Waals surface area contributed by atoms with E-state index in [4.69, 9.17) is 4.74 Å². The Balaban J connectivity index is 1.36. The summed E-state index contributed by atoms with van der Waals surface area (Å²) in [4.78, 5) is 39.4. The first-order valence-electron chi connectivity index (χ1n) is 11.4. The Bertz CT molecular complexity index is 1260. The lowest BCUT2D eigenvalue weighted by Crippen LogP contribution is -2.37. The molecule has 1 saturated heterocycles. The summed E-state index contributed by atoms with van der Waals surface area (Å²) in [5, 5.41) is 1.97. The molecular weight excluding hydrogens is 516 g/mol. The number of anilines is 1. The molecule has 0 N–H and O–H groups in total.